The number of thioether (sulfide) groups is 1. The molecule has 2 heterocycles. The summed E-state index contributed by atoms with van der Waals surface area (Å²) in [5.74, 6) is 0. The second-order valence-electron chi connectivity index (χ2n) is 5.67. The summed E-state index contributed by atoms with van der Waals surface area (Å²) in [5, 5.41) is 0.782. The second kappa shape index (κ2) is 8.65. The van der Waals surface area contributed by atoms with E-state index >= 15 is 0 Å². The molecule has 0 amide bonds. The predicted molar refractivity (Wildman–Crippen MR) is 88.2 cm³/mol. The first kappa shape index (κ1) is 15.8. The zero-order valence-corrected chi connectivity index (χ0v) is 13.6. The maximum Gasteiger partial charge on any atom is 0.0312 e. The minimum Gasteiger partial charge on any atom is -0.302 e. The minimum atomic E-state index is 0.782. The van der Waals surface area contributed by atoms with E-state index in [0.29, 0.717) is 0 Å². The molecule has 0 aliphatic carbocycles. The van der Waals surface area contributed by atoms with E-state index in [2.05, 4.69) is 34.0 Å². The molecule has 0 spiro atoms. The number of hydrogen-bond donors (Lipinski definition) is 0. The Balaban J connectivity index is 1.74. The molecule has 112 valence electrons. The molecular weight excluding hydrogens is 266 g/mol. The van der Waals surface area contributed by atoms with Crippen LogP contribution in [-0.2, 0) is 6.54 Å². The van der Waals surface area contributed by atoms with Crippen LogP contribution >= 0.6 is 11.8 Å². The summed E-state index contributed by atoms with van der Waals surface area (Å²) >= 11 is 1.98. The Labute approximate surface area is 127 Å². The molecule has 1 aliphatic rings. The van der Waals surface area contributed by atoms with Gasteiger partial charge in [0.2, 0.25) is 0 Å². The highest BCUT2D eigenvalue weighted by atomic mass is 32.2. The first-order valence-electron chi connectivity index (χ1n) is 7.64. The highest BCUT2D eigenvalue weighted by molar-refractivity contribution is 7.99. The molecule has 4 heteroatoms. The van der Waals surface area contributed by atoms with Crippen LogP contribution in [0, 0.1) is 0 Å². The summed E-state index contributed by atoms with van der Waals surface area (Å²) in [6.45, 7) is 9.49. The molecule has 1 aliphatic heterocycles. The van der Waals surface area contributed by atoms with Gasteiger partial charge in [-0.25, -0.2) is 0 Å². The second-order valence-corrected chi connectivity index (χ2v) is 6.94. The van der Waals surface area contributed by atoms with Gasteiger partial charge in [-0.15, -0.1) is 0 Å². The Hall–Kier alpha value is -0.580. The van der Waals surface area contributed by atoms with Crippen LogP contribution in [0.25, 0.3) is 0 Å². The summed E-state index contributed by atoms with van der Waals surface area (Å²) in [5.41, 5.74) is 1.33. The van der Waals surface area contributed by atoms with Gasteiger partial charge in [-0.2, -0.15) is 11.8 Å². The first-order chi connectivity index (χ1) is 9.78. The number of aromatic nitrogens is 1. The normalized spacial score (nSPS) is 19.7. The topological polar surface area (TPSA) is 19.4 Å². The van der Waals surface area contributed by atoms with E-state index in [1.54, 1.807) is 0 Å². The van der Waals surface area contributed by atoms with Crippen molar-refractivity contribution in [3.63, 3.8) is 0 Å². The van der Waals surface area contributed by atoms with E-state index in [9.17, 15) is 0 Å². The molecule has 3 nitrogen and oxygen atoms in total. The molecule has 2 rings (SSSR count). The summed E-state index contributed by atoms with van der Waals surface area (Å²) in [4.78, 5) is 9.41. The molecule has 1 fully saturated rings. The summed E-state index contributed by atoms with van der Waals surface area (Å²) in [6, 6.07) is 4.21. The molecule has 1 aromatic heterocycles. The molecule has 0 N–H and O–H groups in total. The third-order valence-corrected chi connectivity index (χ3v) is 5.10. The largest absolute Gasteiger partial charge is 0.302 e. The average molecular weight is 293 g/mol. The van der Waals surface area contributed by atoms with Crippen molar-refractivity contribution in [1.29, 1.82) is 0 Å². The molecule has 0 bridgehead atoms. The monoisotopic (exact) mass is 293 g/mol. The third-order valence-electron chi connectivity index (χ3n) is 4.06. The highest BCUT2D eigenvalue weighted by Gasteiger charge is 2.15. The number of rotatable bonds is 6. The smallest absolute Gasteiger partial charge is 0.0312 e. The maximum absolute atomic E-state index is 4.21. The summed E-state index contributed by atoms with van der Waals surface area (Å²) < 4.78 is 0. The number of hydrogen-bond acceptors (Lipinski definition) is 4. The van der Waals surface area contributed by atoms with Crippen molar-refractivity contribution in [1.82, 2.24) is 14.8 Å². The van der Waals surface area contributed by atoms with Gasteiger partial charge in [0.15, 0.2) is 0 Å². The van der Waals surface area contributed by atoms with E-state index < -0.39 is 0 Å². The highest BCUT2D eigenvalue weighted by Crippen LogP contribution is 2.12. The van der Waals surface area contributed by atoms with Crippen LogP contribution in [-0.4, -0.2) is 59.0 Å². The molecule has 1 aromatic rings. The van der Waals surface area contributed by atoms with Gasteiger partial charge in [-0.05, 0) is 50.4 Å². The molecule has 0 radical (unpaired) electrons. The first-order valence-corrected chi connectivity index (χ1v) is 8.93. The van der Waals surface area contributed by atoms with Crippen molar-refractivity contribution in [3.8, 4) is 0 Å². The Morgan fingerprint density at radius 2 is 2.05 bits per heavy atom. The average Bonchev–Trinajstić information content (AvgIpc) is 2.71. The Morgan fingerprint density at radius 3 is 2.80 bits per heavy atom. The quantitative estimate of drug-likeness (QED) is 0.803. The fraction of sp³-hybridized carbons (Fsp3) is 0.688. The van der Waals surface area contributed by atoms with Crippen molar-refractivity contribution in [2.24, 2.45) is 0 Å². The summed E-state index contributed by atoms with van der Waals surface area (Å²) in [7, 11) is 0. The molecular formula is C16H27N3S. The van der Waals surface area contributed by atoms with Crippen molar-refractivity contribution in [2.75, 3.05) is 39.0 Å². The Bertz CT molecular complexity index is 371. The fourth-order valence-corrected chi connectivity index (χ4v) is 2.98. The van der Waals surface area contributed by atoms with E-state index in [1.807, 2.05) is 30.2 Å². The fourth-order valence-electron chi connectivity index (χ4n) is 2.64. The van der Waals surface area contributed by atoms with Crippen molar-refractivity contribution < 1.29 is 0 Å². The minimum absolute atomic E-state index is 0.782. The van der Waals surface area contributed by atoms with Crippen LogP contribution in [0.2, 0.25) is 0 Å². The molecule has 0 saturated carbocycles. The van der Waals surface area contributed by atoms with E-state index in [4.69, 9.17) is 0 Å². The van der Waals surface area contributed by atoms with Gasteiger partial charge in [-0.1, -0.05) is 13.0 Å². The van der Waals surface area contributed by atoms with Crippen molar-refractivity contribution in [2.45, 2.75) is 31.6 Å². The van der Waals surface area contributed by atoms with E-state index in [0.717, 1.165) is 11.8 Å². The lowest BCUT2D eigenvalue weighted by Gasteiger charge is -2.22. The van der Waals surface area contributed by atoms with E-state index in [-0.39, 0.29) is 0 Å². The van der Waals surface area contributed by atoms with Crippen molar-refractivity contribution >= 4 is 11.8 Å². The van der Waals surface area contributed by atoms with Gasteiger partial charge < -0.3 is 4.90 Å². The predicted octanol–water partition coefficient (Wildman–Crippen LogP) is 2.73. The lowest BCUT2D eigenvalue weighted by atomic mass is 10.2. The van der Waals surface area contributed by atoms with Crippen LogP contribution in [0.15, 0.2) is 24.5 Å². The van der Waals surface area contributed by atoms with Crippen LogP contribution in [0.5, 0.6) is 0 Å². The lowest BCUT2D eigenvalue weighted by molar-refractivity contribution is 0.250. The van der Waals surface area contributed by atoms with Gasteiger partial charge in [0.25, 0.3) is 0 Å². The van der Waals surface area contributed by atoms with Crippen LogP contribution in [0.4, 0.5) is 0 Å². The van der Waals surface area contributed by atoms with Crippen LogP contribution < -0.4 is 0 Å². The zero-order valence-electron chi connectivity index (χ0n) is 12.8. The number of pyridine rings is 1. The van der Waals surface area contributed by atoms with Gasteiger partial charge in [0.05, 0.1) is 0 Å². The maximum atomic E-state index is 4.21. The SMILES string of the molecule is CSC(C)CCN1CCCN(Cc2cccnc2)CC1. The standard InChI is InChI=1S/C16H27N3S/c1-15(20-2)6-10-18-8-4-9-19(12-11-18)14-16-5-3-7-17-13-16/h3,5,7,13,15H,4,6,8-12,14H2,1-2H3. The van der Waals surface area contributed by atoms with Crippen LogP contribution in [0.3, 0.4) is 0 Å². The number of nitrogens with zero attached hydrogens (tertiary/aromatic N) is 3. The third kappa shape index (κ3) is 5.43. The van der Waals surface area contributed by atoms with Gasteiger partial charge in [0, 0.05) is 37.3 Å². The molecule has 1 unspecified atom stereocenters. The molecule has 0 aromatic carbocycles. The summed E-state index contributed by atoms with van der Waals surface area (Å²) in [6.07, 6.45) is 8.64. The van der Waals surface area contributed by atoms with Crippen LogP contribution in [0.1, 0.15) is 25.3 Å². The molecule has 20 heavy (non-hydrogen) atoms. The Kier molecular flexibility index (Phi) is 6.83. The molecule has 1 atom stereocenters. The van der Waals surface area contributed by atoms with Gasteiger partial charge in [0.1, 0.15) is 0 Å². The van der Waals surface area contributed by atoms with Gasteiger partial charge in [-0.3, -0.25) is 9.88 Å². The van der Waals surface area contributed by atoms with E-state index in [1.165, 1.54) is 51.1 Å². The van der Waals surface area contributed by atoms with Crippen molar-refractivity contribution in [3.05, 3.63) is 30.1 Å². The lowest BCUT2D eigenvalue weighted by Crippen LogP contribution is -2.32. The van der Waals surface area contributed by atoms with Gasteiger partial charge >= 0.3 is 0 Å². The Morgan fingerprint density at radius 1 is 1.25 bits per heavy atom. The zero-order chi connectivity index (χ0) is 14.2. The molecule has 1 saturated heterocycles.